The SMILES string of the molecule is C1CCCCC1.CNCCN. The maximum atomic E-state index is 5.08. The topological polar surface area (TPSA) is 38.0 Å². The van der Waals surface area contributed by atoms with Gasteiger partial charge in [0.25, 0.3) is 0 Å². The Morgan fingerprint density at radius 3 is 1.45 bits per heavy atom. The summed E-state index contributed by atoms with van der Waals surface area (Å²) in [6.07, 6.45) is 9.00. The van der Waals surface area contributed by atoms with Crippen LogP contribution >= 0.6 is 0 Å². The van der Waals surface area contributed by atoms with Crippen LogP contribution in [0.5, 0.6) is 0 Å². The van der Waals surface area contributed by atoms with Gasteiger partial charge >= 0.3 is 0 Å². The zero-order valence-corrected chi connectivity index (χ0v) is 7.73. The van der Waals surface area contributed by atoms with Gasteiger partial charge in [-0.05, 0) is 7.05 Å². The van der Waals surface area contributed by atoms with Crippen LogP contribution in [0.2, 0.25) is 0 Å². The van der Waals surface area contributed by atoms with Crippen molar-refractivity contribution in [1.29, 1.82) is 0 Å². The Morgan fingerprint density at radius 1 is 1.00 bits per heavy atom. The summed E-state index contributed by atoms with van der Waals surface area (Å²) in [4.78, 5) is 0. The predicted octanol–water partition coefficient (Wildman–Crippen LogP) is 1.51. The summed E-state index contributed by atoms with van der Waals surface area (Å²) in [5.41, 5.74) is 5.08. The summed E-state index contributed by atoms with van der Waals surface area (Å²) in [6, 6.07) is 0. The van der Waals surface area contributed by atoms with Gasteiger partial charge in [-0.2, -0.15) is 0 Å². The number of nitrogens with two attached hydrogens (primary N) is 1. The highest BCUT2D eigenvalue weighted by Crippen LogP contribution is 2.15. The smallest absolute Gasteiger partial charge is 0.00714 e. The lowest BCUT2D eigenvalue weighted by Gasteiger charge is -2.05. The Balaban J connectivity index is 0.000000187. The second kappa shape index (κ2) is 9.92. The molecule has 0 atom stereocenters. The molecule has 1 fully saturated rings. The lowest BCUT2D eigenvalue weighted by Crippen LogP contribution is -2.17. The van der Waals surface area contributed by atoms with Crippen molar-refractivity contribution in [3.63, 3.8) is 0 Å². The first kappa shape index (κ1) is 10.9. The molecule has 0 radical (unpaired) electrons. The van der Waals surface area contributed by atoms with Crippen LogP contribution in [0.25, 0.3) is 0 Å². The van der Waals surface area contributed by atoms with Crippen molar-refractivity contribution in [3.05, 3.63) is 0 Å². The molecular weight excluding hydrogens is 136 g/mol. The summed E-state index contributed by atoms with van der Waals surface area (Å²) in [5.74, 6) is 0. The zero-order chi connectivity index (χ0) is 8.36. The molecule has 1 rings (SSSR count). The van der Waals surface area contributed by atoms with Crippen LogP contribution in [0.15, 0.2) is 0 Å². The molecule has 2 nitrogen and oxygen atoms in total. The average molecular weight is 158 g/mol. The molecule has 1 aliphatic carbocycles. The third-order valence-corrected chi connectivity index (χ3v) is 1.89. The van der Waals surface area contributed by atoms with Gasteiger partial charge in [0.15, 0.2) is 0 Å². The minimum Gasteiger partial charge on any atom is -0.329 e. The lowest BCUT2D eigenvalue weighted by molar-refractivity contribution is 0.504. The van der Waals surface area contributed by atoms with Crippen molar-refractivity contribution in [3.8, 4) is 0 Å². The van der Waals surface area contributed by atoms with Crippen LogP contribution in [0.4, 0.5) is 0 Å². The Hall–Kier alpha value is -0.0800. The maximum Gasteiger partial charge on any atom is 0.00714 e. The van der Waals surface area contributed by atoms with E-state index in [1.165, 1.54) is 38.5 Å². The largest absolute Gasteiger partial charge is 0.329 e. The molecule has 0 saturated heterocycles. The summed E-state index contributed by atoms with van der Waals surface area (Å²) < 4.78 is 0. The highest BCUT2D eigenvalue weighted by molar-refractivity contribution is 4.51. The summed E-state index contributed by atoms with van der Waals surface area (Å²) in [7, 11) is 1.88. The summed E-state index contributed by atoms with van der Waals surface area (Å²) in [6.45, 7) is 1.65. The Morgan fingerprint density at radius 2 is 1.36 bits per heavy atom. The van der Waals surface area contributed by atoms with Crippen LogP contribution in [0.1, 0.15) is 38.5 Å². The van der Waals surface area contributed by atoms with E-state index in [1.54, 1.807) is 0 Å². The second-order valence-electron chi connectivity index (χ2n) is 3.01. The average Bonchev–Trinajstić information content (AvgIpc) is 2.10. The molecule has 0 aromatic heterocycles. The van der Waals surface area contributed by atoms with E-state index in [9.17, 15) is 0 Å². The quantitative estimate of drug-likeness (QED) is 0.639. The molecule has 0 heterocycles. The number of likely N-dealkylation sites (N-methyl/N-ethyl adjacent to an activating group) is 1. The highest BCUT2D eigenvalue weighted by Gasteiger charge is 1.95. The first-order chi connectivity index (χ1) is 5.41. The molecule has 1 aliphatic rings. The van der Waals surface area contributed by atoms with Crippen molar-refractivity contribution in [1.82, 2.24) is 5.32 Å². The third kappa shape index (κ3) is 9.92. The van der Waals surface area contributed by atoms with Crippen LogP contribution in [0.3, 0.4) is 0 Å². The van der Waals surface area contributed by atoms with E-state index in [0.717, 1.165) is 13.1 Å². The van der Waals surface area contributed by atoms with Gasteiger partial charge in [0.2, 0.25) is 0 Å². The molecule has 0 unspecified atom stereocenters. The van der Waals surface area contributed by atoms with E-state index in [1.807, 2.05) is 7.05 Å². The monoisotopic (exact) mass is 158 g/mol. The molecule has 0 spiro atoms. The van der Waals surface area contributed by atoms with Crippen LogP contribution in [-0.4, -0.2) is 20.1 Å². The van der Waals surface area contributed by atoms with E-state index in [-0.39, 0.29) is 0 Å². The molecule has 1 saturated carbocycles. The second-order valence-corrected chi connectivity index (χ2v) is 3.01. The number of rotatable bonds is 2. The van der Waals surface area contributed by atoms with Crippen molar-refractivity contribution < 1.29 is 0 Å². The van der Waals surface area contributed by atoms with Crippen LogP contribution in [0, 0.1) is 0 Å². The normalized spacial score (nSPS) is 16.9. The van der Waals surface area contributed by atoms with Crippen LogP contribution in [-0.2, 0) is 0 Å². The molecular formula is C9H22N2. The fourth-order valence-electron chi connectivity index (χ4n) is 1.20. The molecule has 11 heavy (non-hydrogen) atoms. The van der Waals surface area contributed by atoms with E-state index in [0.29, 0.717) is 0 Å². The number of hydrogen-bond donors (Lipinski definition) is 2. The molecule has 0 amide bonds. The standard InChI is InChI=1S/C6H12.C3H10N2/c1-2-4-6-5-3-1;1-5-3-2-4/h1-6H2;5H,2-4H2,1H3. The summed E-state index contributed by atoms with van der Waals surface area (Å²) >= 11 is 0. The van der Waals surface area contributed by atoms with Crippen molar-refractivity contribution in [2.45, 2.75) is 38.5 Å². The van der Waals surface area contributed by atoms with Gasteiger partial charge in [-0.25, -0.2) is 0 Å². The molecule has 0 aromatic rings. The van der Waals surface area contributed by atoms with Crippen LogP contribution < -0.4 is 11.1 Å². The number of nitrogens with one attached hydrogen (secondary N) is 1. The summed E-state index contributed by atoms with van der Waals surface area (Å²) in [5, 5.41) is 2.89. The molecule has 0 bridgehead atoms. The van der Waals surface area contributed by atoms with Crippen molar-refractivity contribution in [2.75, 3.05) is 20.1 Å². The molecule has 68 valence electrons. The lowest BCUT2D eigenvalue weighted by atomic mass is 10.0. The predicted molar refractivity (Wildman–Crippen MR) is 50.7 cm³/mol. The van der Waals surface area contributed by atoms with Crippen molar-refractivity contribution in [2.24, 2.45) is 5.73 Å². The van der Waals surface area contributed by atoms with Gasteiger partial charge in [0, 0.05) is 13.1 Å². The molecule has 0 aliphatic heterocycles. The first-order valence-corrected chi connectivity index (χ1v) is 4.76. The fourth-order valence-corrected chi connectivity index (χ4v) is 1.20. The minimum absolute atomic E-state index is 0.733. The van der Waals surface area contributed by atoms with Gasteiger partial charge in [-0.1, -0.05) is 38.5 Å². The van der Waals surface area contributed by atoms with E-state index in [4.69, 9.17) is 5.73 Å². The van der Waals surface area contributed by atoms with E-state index >= 15 is 0 Å². The van der Waals surface area contributed by atoms with E-state index < -0.39 is 0 Å². The zero-order valence-electron chi connectivity index (χ0n) is 7.73. The Kier molecular flexibility index (Phi) is 9.85. The highest BCUT2D eigenvalue weighted by atomic mass is 14.8. The maximum absolute atomic E-state index is 5.08. The fraction of sp³-hybridized carbons (Fsp3) is 1.00. The van der Waals surface area contributed by atoms with Gasteiger partial charge in [-0.15, -0.1) is 0 Å². The third-order valence-electron chi connectivity index (χ3n) is 1.89. The molecule has 3 N–H and O–H groups in total. The number of hydrogen-bond acceptors (Lipinski definition) is 2. The Labute approximate surface area is 70.5 Å². The van der Waals surface area contributed by atoms with E-state index in [2.05, 4.69) is 5.32 Å². The van der Waals surface area contributed by atoms with Gasteiger partial charge in [0.05, 0.1) is 0 Å². The van der Waals surface area contributed by atoms with Crippen molar-refractivity contribution >= 4 is 0 Å². The minimum atomic E-state index is 0.733. The Bertz CT molecular complexity index is 47.1. The molecule has 2 heteroatoms. The van der Waals surface area contributed by atoms with Gasteiger partial charge in [0.1, 0.15) is 0 Å². The van der Waals surface area contributed by atoms with Gasteiger partial charge < -0.3 is 11.1 Å². The first-order valence-electron chi connectivity index (χ1n) is 4.76. The van der Waals surface area contributed by atoms with Gasteiger partial charge in [-0.3, -0.25) is 0 Å². The molecule has 0 aromatic carbocycles.